The standard InChI is InChI=1S/C15H24N2O3/c1-4-20-14-11(6-5-7-12(14)16)15(19)17-13(8-9-18)10(2)3/h5-7,10,13,18H,4,8-9,16H2,1-3H3,(H,17,19). The Balaban J connectivity index is 2.94. The predicted molar refractivity (Wildman–Crippen MR) is 79.8 cm³/mol. The minimum atomic E-state index is -0.229. The molecule has 0 aliphatic carbocycles. The van der Waals surface area contributed by atoms with Crippen LogP contribution in [0.3, 0.4) is 0 Å². The number of carbonyl (C=O) groups is 1. The molecule has 1 aromatic rings. The molecular weight excluding hydrogens is 256 g/mol. The highest BCUT2D eigenvalue weighted by Gasteiger charge is 2.20. The van der Waals surface area contributed by atoms with E-state index < -0.39 is 0 Å². The van der Waals surface area contributed by atoms with E-state index in [1.54, 1.807) is 18.2 Å². The van der Waals surface area contributed by atoms with Gasteiger partial charge in [-0.3, -0.25) is 4.79 Å². The molecule has 1 aromatic carbocycles. The number of aliphatic hydroxyl groups excluding tert-OH is 1. The Bertz CT molecular complexity index is 447. The van der Waals surface area contributed by atoms with Crippen LogP contribution in [0, 0.1) is 5.92 Å². The van der Waals surface area contributed by atoms with Crippen LogP contribution in [-0.2, 0) is 0 Å². The number of nitrogen functional groups attached to an aromatic ring is 1. The molecule has 0 aliphatic heterocycles. The van der Waals surface area contributed by atoms with E-state index in [2.05, 4.69) is 5.32 Å². The highest BCUT2D eigenvalue weighted by Crippen LogP contribution is 2.26. The fraction of sp³-hybridized carbons (Fsp3) is 0.533. The number of amides is 1. The lowest BCUT2D eigenvalue weighted by molar-refractivity contribution is 0.0913. The van der Waals surface area contributed by atoms with Gasteiger partial charge in [0.1, 0.15) is 0 Å². The number of hydrogen-bond donors (Lipinski definition) is 3. The van der Waals surface area contributed by atoms with Gasteiger partial charge in [-0.2, -0.15) is 0 Å². The van der Waals surface area contributed by atoms with Crippen LogP contribution in [-0.4, -0.2) is 30.3 Å². The monoisotopic (exact) mass is 280 g/mol. The van der Waals surface area contributed by atoms with Crippen LogP contribution in [0.1, 0.15) is 37.6 Å². The number of para-hydroxylation sites is 1. The summed E-state index contributed by atoms with van der Waals surface area (Å²) in [5.74, 6) is 0.426. The minimum absolute atomic E-state index is 0.0401. The average molecular weight is 280 g/mol. The summed E-state index contributed by atoms with van der Waals surface area (Å²) in [5.41, 5.74) is 6.72. The van der Waals surface area contributed by atoms with Crippen molar-refractivity contribution in [1.82, 2.24) is 5.32 Å². The highest BCUT2D eigenvalue weighted by atomic mass is 16.5. The van der Waals surface area contributed by atoms with Crippen LogP contribution in [0.4, 0.5) is 5.69 Å². The van der Waals surface area contributed by atoms with Crippen LogP contribution in [0.25, 0.3) is 0 Å². The van der Waals surface area contributed by atoms with Crippen molar-refractivity contribution >= 4 is 11.6 Å². The second-order valence-corrected chi connectivity index (χ2v) is 4.99. The lowest BCUT2D eigenvalue weighted by Gasteiger charge is -2.22. The van der Waals surface area contributed by atoms with Crippen molar-refractivity contribution < 1.29 is 14.6 Å². The minimum Gasteiger partial charge on any atom is -0.491 e. The van der Waals surface area contributed by atoms with Gasteiger partial charge in [0, 0.05) is 12.6 Å². The molecule has 0 saturated heterocycles. The first-order chi connectivity index (χ1) is 9.51. The number of carbonyl (C=O) groups excluding carboxylic acids is 1. The Labute approximate surface area is 120 Å². The molecule has 5 nitrogen and oxygen atoms in total. The normalized spacial score (nSPS) is 12.2. The zero-order chi connectivity index (χ0) is 15.1. The van der Waals surface area contributed by atoms with Crippen LogP contribution in [0.15, 0.2) is 18.2 Å². The Morgan fingerprint density at radius 1 is 1.45 bits per heavy atom. The molecule has 1 unspecified atom stereocenters. The van der Waals surface area contributed by atoms with Crippen LogP contribution in [0.5, 0.6) is 5.75 Å². The molecular formula is C15H24N2O3. The Kier molecular flexibility index (Phi) is 6.31. The van der Waals surface area contributed by atoms with E-state index in [-0.39, 0.29) is 24.5 Å². The van der Waals surface area contributed by atoms with E-state index in [0.29, 0.717) is 30.0 Å². The number of anilines is 1. The van der Waals surface area contributed by atoms with Crippen molar-refractivity contribution in [2.45, 2.75) is 33.2 Å². The molecule has 4 N–H and O–H groups in total. The van der Waals surface area contributed by atoms with Gasteiger partial charge in [-0.05, 0) is 31.4 Å². The number of aliphatic hydroxyl groups is 1. The molecule has 0 saturated carbocycles. The van der Waals surface area contributed by atoms with Gasteiger partial charge in [0.25, 0.3) is 5.91 Å². The first-order valence-corrected chi connectivity index (χ1v) is 6.94. The summed E-state index contributed by atoms with van der Waals surface area (Å²) < 4.78 is 5.46. The molecule has 112 valence electrons. The maximum Gasteiger partial charge on any atom is 0.255 e. The zero-order valence-corrected chi connectivity index (χ0v) is 12.3. The van der Waals surface area contributed by atoms with Crippen molar-refractivity contribution in [2.75, 3.05) is 18.9 Å². The van der Waals surface area contributed by atoms with E-state index in [9.17, 15) is 4.79 Å². The molecule has 0 aromatic heterocycles. The second-order valence-electron chi connectivity index (χ2n) is 4.99. The highest BCUT2D eigenvalue weighted by molar-refractivity contribution is 5.98. The maximum absolute atomic E-state index is 12.4. The van der Waals surface area contributed by atoms with Crippen LogP contribution < -0.4 is 15.8 Å². The van der Waals surface area contributed by atoms with Crippen molar-refractivity contribution in [3.8, 4) is 5.75 Å². The molecule has 0 fully saturated rings. The number of rotatable bonds is 7. The van der Waals surface area contributed by atoms with E-state index >= 15 is 0 Å². The SMILES string of the molecule is CCOc1c(N)cccc1C(=O)NC(CCO)C(C)C. The van der Waals surface area contributed by atoms with Gasteiger partial charge < -0.3 is 20.9 Å². The number of nitrogens with two attached hydrogens (primary N) is 1. The van der Waals surface area contributed by atoms with Gasteiger partial charge in [0.05, 0.1) is 17.9 Å². The van der Waals surface area contributed by atoms with Crippen LogP contribution in [0.2, 0.25) is 0 Å². The molecule has 0 bridgehead atoms. The molecule has 20 heavy (non-hydrogen) atoms. The Morgan fingerprint density at radius 2 is 2.15 bits per heavy atom. The van der Waals surface area contributed by atoms with Gasteiger partial charge in [-0.25, -0.2) is 0 Å². The van der Waals surface area contributed by atoms with Crippen LogP contribution >= 0.6 is 0 Å². The number of benzene rings is 1. The third kappa shape index (κ3) is 4.13. The smallest absolute Gasteiger partial charge is 0.255 e. The summed E-state index contributed by atoms with van der Waals surface area (Å²) in [4.78, 5) is 12.4. The average Bonchev–Trinajstić information content (AvgIpc) is 2.40. The summed E-state index contributed by atoms with van der Waals surface area (Å²) in [6.07, 6.45) is 0.524. The molecule has 0 heterocycles. The Hall–Kier alpha value is -1.75. The molecule has 0 radical (unpaired) electrons. The van der Waals surface area contributed by atoms with E-state index in [1.807, 2.05) is 20.8 Å². The van der Waals surface area contributed by atoms with E-state index in [4.69, 9.17) is 15.6 Å². The van der Waals surface area contributed by atoms with Gasteiger partial charge in [0.15, 0.2) is 5.75 Å². The summed E-state index contributed by atoms with van der Waals surface area (Å²) in [7, 11) is 0. The van der Waals surface area contributed by atoms with E-state index in [1.165, 1.54) is 0 Å². The molecule has 0 aliphatic rings. The second kappa shape index (κ2) is 7.75. The van der Waals surface area contributed by atoms with Gasteiger partial charge >= 0.3 is 0 Å². The van der Waals surface area contributed by atoms with Gasteiger partial charge in [-0.1, -0.05) is 19.9 Å². The van der Waals surface area contributed by atoms with Gasteiger partial charge in [-0.15, -0.1) is 0 Å². The quantitative estimate of drug-likeness (QED) is 0.665. The van der Waals surface area contributed by atoms with E-state index in [0.717, 1.165) is 0 Å². The molecule has 1 rings (SSSR count). The predicted octanol–water partition coefficient (Wildman–Crippen LogP) is 1.80. The van der Waals surface area contributed by atoms with Crippen molar-refractivity contribution in [3.63, 3.8) is 0 Å². The lowest BCUT2D eigenvalue weighted by Crippen LogP contribution is -2.39. The fourth-order valence-electron chi connectivity index (χ4n) is 2.00. The maximum atomic E-state index is 12.4. The first-order valence-electron chi connectivity index (χ1n) is 6.94. The summed E-state index contributed by atoms with van der Waals surface area (Å²) in [6.45, 7) is 6.33. The molecule has 5 heteroatoms. The van der Waals surface area contributed by atoms with Gasteiger partial charge in [0.2, 0.25) is 0 Å². The largest absolute Gasteiger partial charge is 0.491 e. The third-order valence-electron chi connectivity index (χ3n) is 3.14. The number of nitrogens with one attached hydrogen (secondary N) is 1. The summed E-state index contributed by atoms with van der Waals surface area (Å²) >= 11 is 0. The van der Waals surface area contributed by atoms with Crippen molar-refractivity contribution in [1.29, 1.82) is 0 Å². The molecule has 1 amide bonds. The van der Waals surface area contributed by atoms with Crippen molar-refractivity contribution in [3.05, 3.63) is 23.8 Å². The Morgan fingerprint density at radius 3 is 2.70 bits per heavy atom. The van der Waals surface area contributed by atoms with Crippen molar-refractivity contribution in [2.24, 2.45) is 5.92 Å². The number of hydrogen-bond acceptors (Lipinski definition) is 4. The lowest BCUT2D eigenvalue weighted by atomic mass is 10.0. The molecule has 1 atom stereocenters. The fourth-order valence-corrected chi connectivity index (χ4v) is 2.00. The molecule has 0 spiro atoms. The summed E-state index contributed by atoms with van der Waals surface area (Å²) in [5, 5.41) is 12.0. The number of ether oxygens (including phenoxy) is 1. The zero-order valence-electron chi connectivity index (χ0n) is 12.3. The first kappa shape index (κ1) is 16.3. The third-order valence-corrected chi connectivity index (χ3v) is 3.14. The summed E-state index contributed by atoms with van der Waals surface area (Å²) in [6, 6.07) is 5.04. The topological polar surface area (TPSA) is 84.6 Å².